The summed E-state index contributed by atoms with van der Waals surface area (Å²) in [6.45, 7) is 5.99. The van der Waals surface area contributed by atoms with Crippen LogP contribution in [0.3, 0.4) is 0 Å². The first-order valence-electron chi connectivity index (χ1n) is 10.5. The molecular formula is C24H29N3O. The molecule has 0 spiro atoms. The third-order valence-corrected chi connectivity index (χ3v) is 5.76. The molecule has 1 saturated heterocycles. The van der Waals surface area contributed by atoms with E-state index >= 15 is 0 Å². The lowest BCUT2D eigenvalue weighted by atomic mass is 10.1. The Labute approximate surface area is 167 Å². The number of carbonyl (C=O) groups is 1. The van der Waals surface area contributed by atoms with E-state index in [1.54, 1.807) is 0 Å². The van der Waals surface area contributed by atoms with Gasteiger partial charge in [-0.15, -0.1) is 0 Å². The second-order valence-electron chi connectivity index (χ2n) is 7.91. The highest BCUT2D eigenvalue weighted by atomic mass is 16.2. The van der Waals surface area contributed by atoms with E-state index in [-0.39, 0.29) is 11.8 Å². The number of unbranched alkanes of at least 4 members (excludes halogenated alkanes) is 3. The number of imidazole rings is 1. The Bertz CT molecular complexity index is 958. The highest BCUT2D eigenvalue weighted by Crippen LogP contribution is 2.33. The molecule has 4 nitrogen and oxygen atoms in total. The highest BCUT2D eigenvalue weighted by molar-refractivity contribution is 5.96. The average Bonchev–Trinajstić information content (AvgIpc) is 3.27. The third-order valence-electron chi connectivity index (χ3n) is 5.76. The second kappa shape index (κ2) is 8.17. The molecule has 28 heavy (non-hydrogen) atoms. The van der Waals surface area contributed by atoms with Crippen molar-refractivity contribution in [1.29, 1.82) is 0 Å². The lowest BCUT2D eigenvalue weighted by Gasteiger charge is -2.17. The van der Waals surface area contributed by atoms with Crippen LogP contribution in [0.1, 0.15) is 56.3 Å². The predicted molar refractivity (Wildman–Crippen MR) is 115 cm³/mol. The van der Waals surface area contributed by atoms with Crippen LogP contribution in [0.4, 0.5) is 5.69 Å². The van der Waals surface area contributed by atoms with Gasteiger partial charge in [-0.05, 0) is 37.6 Å². The Balaban J connectivity index is 1.61. The molecule has 1 amide bonds. The van der Waals surface area contributed by atoms with Crippen LogP contribution in [0.2, 0.25) is 0 Å². The van der Waals surface area contributed by atoms with Crippen LogP contribution >= 0.6 is 0 Å². The third kappa shape index (κ3) is 3.68. The van der Waals surface area contributed by atoms with Crippen LogP contribution in [-0.2, 0) is 11.3 Å². The minimum Gasteiger partial charge on any atom is -0.328 e. The van der Waals surface area contributed by atoms with Crippen LogP contribution in [0, 0.1) is 6.92 Å². The van der Waals surface area contributed by atoms with Crippen molar-refractivity contribution in [3.8, 4) is 0 Å². The van der Waals surface area contributed by atoms with Gasteiger partial charge < -0.3 is 9.47 Å². The van der Waals surface area contributed by atoms with Crippen LogP contribution in [0.15, 0.2) is 48.5 Å². The van der Waals surface area contributed by atoms with Crippen molar-refractivity contribution in [2.75, 3.05) is 11.4 Å². The van der Waals surface area contributed by atoms with E-state index in [4.69, 9.17) is 4.98 Å². The molecule has 2 aromatic carbocycles. The molecule has 4 heteroatoms. The van der Waals surface area contributed by atoms with Crippen LogP contribution in [-0.4, -0.2) is 22.0 Å². The van der Waals surface area contributed by atoms with E-state index in [0.29, 0.717) is 13.0 Å². The summed E-state index contributed by atoms with van der Waals surface area (Å²) >= 11 is 0. The number of para-hydroxylation sites is 2. The number of hydrogen-bond acceptors (Lipinski definition) is 2. The van der Waals surface area contributed by atoms with E-state index in [0.717, 1.165) is 30.0 Å². The molecule has 0 N–H and O–H groups in total. The SMILES string of the molecule is CCCCCCn1c(C2CC(=O)N(c3ccc(C)cc3)C2)nc2ccccc21. The van der Waals surface area contributed by atoms with Crippen molar-refractivity contribution in [1.82, 2.24) is 9.55 Å². The Kier molecular flexibility index (Phi) is 5.47. The number of nitrogens with zero attached hydrogens (tertiary/aromatic N) is 3. The van der Waals surface area contributed by atoms with Gasteiger partial charge in [0.05, 0.1) is 11.0 Å². The fraction of sp³-hybridized carbons (Fsp3) is 0.417. The molecule has 1 fully saturated rings. The minimum absolute atomic E-state index is 0.146. The van der Waals surface area contributed by atoms with Crippen molar-refractivity contribution in [3.63, 3.8) is 0 Å². The second-order valence-corrected chi connectivity index (χ2v) is 7.91. The Morgan fingerprint density at radius 2 is 1.82 bits per heavy atom. The summed E-state index contributed by atoms with van der Waals surface area (Å²) in [6, 6.07) is 16.6. The van der Waals surface area contributed by atoms with Gasteiger partial charge >= 0.3 is 0 Å². The maximum absolute atomic E-state index is 12.8. The lowest BCUT2D eigenvalue weighted by molar-refractivity contribution is -0.117. The Hall–Kier alpha value is -2.62. The zero-order chi connectivity index (χ0) is 19.5. The van der Waals surface area contributed by atoms with E-state index in [9.17, 15) is 4.79 Å². The van der Waals surface area contributed by atoms with E-state index in [2.05, 4.69) is 48.7 Å². The van der Waals surface area contributed by atoms with Crippen LogP contribution in [0.25, 0.3) is 11.0 Å². The van der Waals surface area contributed by atoms with E-state index in [1.807, 2.05) is 23.1 Å². The van der Waals surface area contributed by atoms with Gasteiger partial charge in [-0.1, -0.05) is 56.0 Å². The monoisotopic (exact) mass is 375 g/mol. The number of aromatic nitrogens is 2. The summed E-state index contributed by atoms with van der Waals surface area (Å²) < 4.78 is 2.36. The maximum Gasteiger partial charge on any atom is 0.227 e. The molecule has 0 radical (unpaired) electrons. The fourth-order valence-corrected chi connectivity index (χ4v) is 4.19. The van der Waals surface area contributed by atoms with E-state index in [1.165, 1.54) is 30.3 Å². The van der Waals surface area contributed by atoms with Crippen molar-refractivity contribution < 1.29 is 4.79 Å². The Morgan fingerprint density at radius 3 is 2.61 bits per heavy atom. The first-order chi connectivity index (χ1) is 13.7. The number of aryl methyl sites for hydroxylation is 2. The van der Waals surface area contributed by atoms with Gasteiger partial charge in [-0.25, -0.2) is 4.98 Å². The maximum atomic E-state index is 12.8. The first kappa shape index (κ1) is 18.7. The number of anilines is 1. The number of carbonyl (C=O) groups excluding carboxylic acids is 1. The summed E-state index contributed by atoms with van der Waals surface area (Å²) in [7, 11) is 0. The molecule has 1 aromatic heterocycles. The topological polar surface area (TPSA) is 38.1 Å². The van der Waals surface area contributed by atoms with Crippen LogP contribution in [0.5, 0.6) is 0 Å². The molecule has 3 aromatic rings. The molecule has 146 valence electrons. The van der Waals surface area contributed by atoms with Crippen molar-refractivity contribution in [2.24, 2.45) is 0 Å². The van der Waals surface area contributed by atoms with Gasteiger partial charge in [0.2, 0.25) is 5.91 Å². The number of fused-ring (bicyclic) bond motifs is 1. The van der Waals surface area contributed by atoms with Gasteiger partial charge in [0.1, 0.15) is 5.82 Å². The summed E-state index contributed by atoms with van der Waals surface area (Å²) in [4.78, 5) is 19.6. The average molecular weight is 376 g/mol. The molecule has 1 atom stereocenters. The van der Waals surface area contributed by atoms with Gasteiger partial charge in [0, 0.05) is 31.1 Å². The van der Waals surface area contributed by atoms with Crippen molar-refractivity contribution in [3.05, 3.63) is 59.9 Å². The molecular weight excluding hydrogens is 346 g/mol. The number of rotatable bonds is 7. The molecule has 4 rings (SSSR count). The van der Waals surface area contributed by atoms with E-state index < -0.39 is 0 Å². The molecule has 2 heterocycles. The highest BCUT2D eigenvalue weighted by Gasteiger charge is 2.34. The standard InChI is InChI=1S/C24H29N3O/c1-3-4-5-8-15-26-22-10-7-6-9-21(22)25-24(26)19-16-23(28)27(17-19)20-13-11-18(2)12-14-20/h6-7,9-14,19H,3-5,8,15-17H2,1-2H3. The van der Waals surface area contributed by atoms with Gasteiger partial charge in [-0.2, -0.15) is 0 Å². The number of amides is 1. The van der Waals surface area contributed by atoms with Gasteiger partial charge in [-0.3, -0.25) is 4.79 Å². The summed E-state index contributed by atoms with van der Waals surface area (Å²) in [6.07, 6.45) is 5.43. The first-order valence-corrected chi connectivity index (χ1v) is 10.5. The summed E-state index contributed by atoms with van der Waals surface area (Å²) in [5, 5.41) is 0. The summed E-state index contributed by atoms with van der Waals surface area (Å²) in [5.41, 5.74) is 4.42. The molecule has 0 aliphatic carbocycles. The van der Waals surface area contributed by atoms with Crippen LogP contribution < -0.4 is 4.90 Å². The fourth-order valence-electron chi connectivity index (χ4n) is 4.19. The number of hydrogen-bond donors (Lipinski definition) is 0. The molecule has 1 unspecified atom stereocenters. The Morgan fingerprint density at radius 1 is 1.04 bits per heavy atom. The van der Waals surface area contributed by atoms with Gasteiger partial charge in [0.15, 0.2) is 0 Å². The van der Waals surface area contributed by atoms with Crippen molar-refractivity contribution >= 4 is 22.6 Å². The largest absolute Gasteiger partial charge is 0.328 e. The molecule has 1 aliphatic rings. The molecule has 0 bridgehead atoms. The molecule has 1 aliphatic heterocycles. The predicted octanol–water partition coefficient (Wildman–Crippen LogP) is 5.45. The van der Waals surface area contributed by atoms with Crippen molar-refractivity contribution in [2.45, 2.75) is 58.4 Å². The quantitative estimate of drug-likeness (QED) is 0.515. The molecule has 0 saturated carbocycles. The number of benzene rings is 2. The smallest absolute Gasteiger partial charge is 0.227 e. The lowest BCUT2D eigenvalue weighted by Crippen LogP contribution is -2.24. The minimum atomic E-state index is 0.146. The summed E-state index contributed by atoms with van der Waals surface area (Å²) in [5.74, 6) is 1.41. The zero-order valence-electron chi connectivity index (χ0n) is 16.9. The zero-order valence-corrected chi connectivity index (χ0v) is 16.9. The van der Waals surface area contributed by atoms with Gasteiger partial charge in [0.25, 0.3) is 0 Å². The normalized spacial score (nSPS) is 17.0.